The molecule has 0 radical (unpaired) electrons. The molecule has 0 aliphatic carbocycles. The third kappa shape index (κ3) is 7.94. The van der Waals surface area contributed by atoms with Crippen LogP contribution in [0.4, 0.5) is 5.69 Å². The van der Waals surface area contributed by atoms with Gasteiger partial charge in [-0.1, -0.05) is 74.0 Å². The molecule has 0 saturated heterocycles. The molecule has 0 aliphatic rings. The molecule has 1 N–H and O–H groups in total. The smallest absolute Gasteiger partial charge is 0.264 e. The van der Waals surface area contributed by atoms with Gasteiger partial charge in [-0.05, 0) is 74.9 Å². The zero-order valence-corrected chi connectivity index (χ0v) is 25.2. The van der Waals surface area contributed by atoms with Crippen molar-refractivity contribution < 1.29 is 18.0 Å². The van der Waals surface area contributed by atoms with E-state index in [0.29, 0.717) is 18.7 Å². The van der Waals surface area contributed by atoms with Crippen molar-refractivity contribution in [1.29, 1.82) is 0 Å². The first-order valence-corrected chi connectivity index (χ1v) is 15.1. The van der Waals surface area contributed by atoms with E-state index < -0.39 is 28.5 Å². The Balaban J connectivity index is 2.00. The van der Waals surface area contributed by atoms with Crippen LogP contribution < -0.4 is 9.62 Å². The Hall–Kier alpha value is -3.65. The molecule has 1 atom stereocenters. The molecule has 0 aromatic heterocycles. The second-order valence-electron chi connectivity index (χ2n) is 10.8. The summed E-state index contributed by atoms with van der Waals surface area (Å²) >= 11 is 0. The summed E-state index contributed by atoms with van der Waals surface area (Å²) in [6, 6.07) is 21.1. The zero-order valence-electron chi connectivity index (χ0n) is 24.3. The second-order valence-corrected chi connectivity index (χ2v) is 12.6. The van der Waals surface area contributed by atoms with Crippen molar-refractivity contribution in [3.63, 3.8) is 0 Å². The van der Waals surface area contributed by atoms with Crippen LogP contribution in [-0.2, 0) is 26.0 Å². The highest BCUT2D eigenvalue weighted by atomic mass is 32.2. The first-order chi connectivity index (χ1) is 18.9. The molecular weight excluding hydrogens is 522 g/mol. The van der Waals surface area contributed by atoms with Crippen LogP contribution in [0, 0.1) is 26.7 Å². The summed E-state index contributed by atoms with van der Waals surface area (Å²) in [5.41, 5.74) is 4.00. The quantitative estimate of drug-likeness (QED) is 0.335. The van der Waals surface area contributed by atoms with Crippen molar-refractivity contribution in [3.8, 4) is 0 Å². The molecule has 0 spiro atoms. The molecule has 0 aliphatic heterocycles. The third-order valence-corrected chi connectivity index (χ3v) is 8.63. The monoisotopic (exact) mass is 563 g/mol. The molecule has 3 rings (SSSR count). The first-order valence-electron chi connectivity index (χ1n) is 13.7. The Kier molecular flexibility index (Phi) is 10.5. The number of nitrogens with zero attached hydrogens (tertiary/aromatic N) is 2. The van der Waals surface area contributed by atoms with E-state index in [2.05, 4.69) is 5.32 Å². The van der Waals surface area contributed by atoms with E-state index in [-0.39, 0.29) is 23.3 Å². The fraction of sp³-hybridized carbons (Fsp3) is 0.375. The highest BCUT2D eigenvalue weighted by Gasteiger charge is 2.33. The number of nitrogens with one attached hydrogen (secondary N) is 1. The largest absolute Gasteiger partial charge is 0.354 e. The number of hydrogen-bond donors (Lipinski definition) is 1. The molecule has 40 heavy (non-hydrogen) atoms. The van der Waals surface area contributed by atoms with E-state index >= 15 is 0 Å². The molecule has 7 nitrogen and oxygen atoms in total. The zero-order chi connectivity index (χ0) is 29.4. The van der Waals surface area contributed by atoms with E-state index in [0.717, 1.165) is 22.3 Å². The van der Waals surface area contributed by atoms with Crippen molar-refractivity contribution >= 4 is 27.5 Å². The van der Waals surface area contributed by atoms with Gasteiger partial charge in [0.05, 0.1) is 10.6 Å². The molecule has 0 bridgehead atoms. The average molecular weight is 564 g/mol. The van der Waals surface area contributed by atoms with Crippen LogP contribution in [0.2, 0.25) is 0 Å². The fourth-order valence-electron chi connectivity index (χ4n) is 4.36. The minimum Gasteiger partial charge on any atom is -0.354 e. The van der Waals surface area contributed by atoms with Crippen LogP contribution in [0.1, 0.15) is 43.0 Å². The molecule has 214 valence electrons. The number of anilines is 1. The molecular formula is C32H41N3O4S. The average Bonchev–Trinajstić information content (AvgIpc) is 2.92. The standard InChI is InChI=1S/C32H41N3O4S/c1-23(2)21-33-32(37)27(6)34(19-18-28-10-8-7-9-11-28)31(36)22-35(30-20-25(4)12-15-26(30)5)40(38,39)29-16-13-24(3)14-17-29/h7-17,20,23,27H,18-19,21-22H2,1-6H3,(H,33,37). The fourth-order valence-corrected chi connectivity index (χ4v) is 5.83. The third-order valence-electron chi connectivity index (χ3n) is 6.86. The van der Waals surface area contributed by atoms with E-state index in [1.54, 1.807) is 37.3 Å². The Morgan fingerprint density at radius 2 is 1.48 bits per heavy atom. The summed E-state index contributed by atoms with van der Waals surface area (Å²) in [5, 5.41) is 2.91. The predicted octanol–water partition coefficient (Wildman–Crippen LogP) is 5.04. The lowest BCUT2D eigenvalue weighted by Gasteiger charge is -2.32. The summed E-state index contributed by atoms with van der Waals surface area (Å²) in [7, 11) is -4.09. The lowest BCUT2D eigenvalue weighted by molar-refractivity contribution is -0.138. The van der Waals surface area contributed by atoms with E-state index in [1.165, 1.54) is 9.21 Å². The van der Waals surface area contributed by atoms with E-state index in [1.807, 2.05) is 77.1 Å². The number of carbonyl (C=O) groups excluding carboxylic acids is 2. The van der Waals surface area contributed by atoms with Gasteiger partial charge in [0.2, 0.25) is 11.8 Å². The number of carbonyl (C=O) groups is 2. The van der Waals surface area contributed by atoms with Gasteiger partial charge in [-0.2, -0.15) is 0 Å². The predicted molar refractivity (Wildman–Crippen MR) is 161 cm³/mol. The number of rotatable bonds is 12. The second kappa shape index (κ2) is 13.6. The molecule has 8 heteroatoms. The van der Waals surface area contributed by atoms with E-state index in [9.17, 15) is 18.0 Å². The number of hydrogen-bond acceptors (Lipinski definition) is 4. The van der Waals surface area contributed by atoms with Gasteiger partial charge >= 0.3 is 0 Å². The summed E-state index contributed by atoms with van der Waals surface area (Å²) < 4.78 is 29.2. The Labute approximate surface area is 239 Å². The van der Waals surface area contributed by atoms with Crippen LogP contribution in [-0.4, -0.2) is 50.8 Å². The summed E-state index contributed by atoms with van der Waals surface area (Å²) in [5.74, 6) is -0.460. The Bertz CT molecular complexity index is 1400. The molecule has 0 fully saturated rings. The van der Waals surface area contributed by atoms with Gasteiger partial charge in [0.1, 0.15) is 12.6 Å². The Morgan fingerprint density at radius 3 is 2.10 bits per heavy atom. The highest BCUT2D eigenvalue weighted by Crippen LogP contribution is 2.28. The van der Waals surface area contributed by atoms with Gasteiger partial charge in [0.15, 0.2) is 0 Å². The maximum atomic E-state index is 14.0. The molecule has 1 unspecified atom stereocenters. The van der Waals surface area contributed by atoms with Crippen LogP contribution in [0.3, 0.4) is 0 Å². The maximum Gasteiger partial charge on any atom is 0.264 e. The number of amides is 2. The molecule has 2 amide bonds. The molecule has 3 aromatic rings. The van der Waals surface area contributed by atoms with Gasteiger partial charge < -0.3 is 10.2 Å². The van der Waals surface area contributed by atoms with Crippen molar-refractivity contribution in [2.24, 2.45) is 5.92 Å². The summed E-state index contributed by atoms with van der Waals surface area (Å²) in [4.78, 5) is 28.7. The minimum atomic E-state index is -4.09. The van der Waals surface area contributed by atoms with Gasteiger partial charge in [0, 0.05) is 13.1 Å². The van der Waals surface area contributed by atoms with Crippen molar-refractivity contribution in [2.45, 2.75) is 58.9 Å². The van der Waals surface area contributed by atoms with Crippen LogP contribution in [0.5, 0.6) is 0 Å². The lowest BCUT2D eigenvalue weighted by atomic mass is 10.1. The molecule has 0 saturated carbocycles. The van der Waals surface area contributed by atoms with Crippen molar-refractivity contribution in [2.75, 3.05) is 23.9 Å². The first kappa shape index (κ1) is 30.9. The van der Waals surface area contributed by atoms with Crippen molar-refractivity contribution in [1.82, 2.24) is 10.2 Å². The number of sulfonamides is 1. The van der Waals surface area contributed by atoms with Crippen LogP contribution in [0.25, 0.3) is 0 Å². The van der Waals surface area contributed by atoms with E-state index in [4.69, 9.17) is 0 Å². The SMILES string of the molecule is Cc1ccc(S(=O)(=O)N(CC(=O)N(CCc2ccccc2)C(C)C(=O)NCC(C)C)c2cc(C)ccc2C)cc1. The van der Waals surface area contributed by atoms with Gasteiger partial charge in [-0.3, -0.25) is 13.9 Å². The van der Waals surface area contributed by atoms with Gasteiger partial charge in [-0.15, -0.1) is 0 Å². The van der Waals surface area contributed by atoms with Crippen LogP contribution in [0.15, 0.2) is 77.7 Å². The molecule has 3 aromatic carbocycles. The number of aryl methyl sites for hydroxylation is 3. The maximum absolute atomic E-state index is 14.0. The van der Waals surface area contributed by atoms with Gasteiger partial charge in [-0.25, -0.2) is 8.42 Å². The lowest BCUT2D eigenvalue weighted by Crippen LogP contribution is -2.52. The van der Waals surface area contributed by atoms with Crippen molar-refractivity contribution in [3.05, 3.63) is 95.1 Å². The Morgan fingerprint density at radius 1 is 0.850 bits per heavy atom. The van der Waals surface area contributed by atoms with Crippen LogP contribution >= 0.6 is 0 Å². The normalized spacial score (nSPS) is 12.2. The molecule has 0 heterocycles. The number of benzene rings is 3. The topological polar surface area (TPSA) is 86.8 Å². The minimum absolute atomic E-state index is 0.102. The summed E-state index contributed by atoms with van der Waals surface area (Å²) in [6.07, 6.45) is 0.530. The summed E-state index contributed by atoms with van der Waals surface area (Å²) in [6.45, 7) is 11.6. The highest BCUT2D eigenvalue weighted by molar-refractivity contribution is 7.92. The van der Waals surface area contributed by atoms with Gasteiger partial charge in [0.25, 0.3) is 10.0 Å².